The summed E-state index contributed by atoms with van der Waals surface area (Å²) in [5.41, 5.74) is 5.83. The van der Waals surface area contributed by atoms with Gasteiger partial charge in [0.05, 0.1) is 6.04 Å². The number of carbonyl (C=O) groups is 1. The van der Waals surface area contributed by atoms with Gasteiger partial charge in [0.25, 0.3) is 0 Å². The lowest BCUT2D eigenvalue weighted by Crippen LogP contribution is -2.44. The highest BCUT2D eigenvalue weighted by molar-refractivity contribution is 5.85. The topological polar surface area (TPSA) is 55.1 Å². The molecule has 0 heterocycles. The van der Waals surface area contributed by atoms with Crippen LogP contribution in [0.2, 0.25) is 0 Å². The fourth-order valence-corrected chi connectivity index (χ4v) is 1.49. The van der Waals surface area contributed by atoms with E-state index in [1.54, 1.807) is 0 Å². The van der Waals surface area contributed by atoms with Crippen LogP contribution in [-0.4, -0.2) is 11.9 Å². The normalized spacial score (nSPS) is 13.3. The van der Waals surface area contributed by atoms with Gasteiger partial charge in [-0.25, -0.2) is 8.78 Å². The molecular formula is C13H19ClF2N2O. The van der Waals surface area contributed by atoms with Gasteiger partial charge in [0.1, 0.15) is 11.6 Å². The first kappa shape index (κ1) is 17.8. The molecular weight excluding hydrogens is 274 g/mol. The smallest absolute Gasteiger partial charge is 0.237 e. The summed E-state index contributed by atoms with van der Waals surface area (Å²) in [6.07, 6.45) is 0.781. The standard InChI is InChI=1S/C13H18F2N2O.ClH/c1-3-8(2)12(16)13(18)17-7-9-6-10(14)4-5-11(9)15;/h4-6,8,12H,3,7,16H2,1-2H3,(H,17,18);1H. The lowest BCUT2D eigenvalue weighted by Gasteiger charge is -2.17. The molecule has 1 amide bonds. The van der Waals surface area contributed by atoms with Crippen LogP contribution in [0.1, 0.15) is 25.8 Å². The first-order chi connectivity index (χ1) is 8.45. The molecule has 0 saturated heterocycles. The van der Waals surface area contributed by atoms with Crippen LogP contribution in [-0.2, 0) is 11.3 Å². The Kier molecular flexibility index (Phi) is 7.56. The summed E-state index contributed by atoms with van der Waals surface area (Å²) in [7, 11) is 0. The fourth-order valence-electron chi connectivity index (χ4n) is 1.49. The van der Waals surface area contributed by atoms with Gasteiger partial charge in [0.2, 0.25) is 5.91 Å². The van der Waals surface area contributed by atoms with Crippen molar-refractivity contribution >= 4 is 18.3 Å². The number of halogens is 3. The summed E-state index contributed by atoms with van der Waals surface area (Å²) in [6.45, 7) is 3.74. The second-order valence-corrected chi connectivity index (χ2v) is 4.36. The minimum Gasteiger partial charge on any atom is -0.351 e. The molecule has 0 aliphatic heterocycles. The Morgan fingerprint density at radius 3 is 2.63 bits per heavy atom. The molecule has 0 fully saturated rings. The Balaban J connectivity index is 0.00000324. The minimum absolute atomic E-state index is 0. The number of hydrogen-bond donors (Lipinski definition) is 2. The van der Waals surface area contributed by atoms with Crippen molar-refractivity contribution in [2.45, 2.75) is 32.9 Å². The third-order valence-corrected chi connectivity index (χ3v) is 3.02. The summed E-state index contributed by atoms with van der Waals surface area (Å²) in [4.78, 5) is 11.7. The molecule has 108 valence electrons. The number of hydrogen-bond acceptors (Lipinski definition) is 2. The predicted molar refractivity (Wildman–Crippen MR) is 72.9 cm³/mol. The molecule has 2 atom stereocenters. The van der Waals surface area contributed by atoms with Crippen LogP contribution in [0.3, 0.4) is 0 Å². The van der Waals surface area contributed by atoms with Crippen molar-refractivity contribution in [3.8, 4) is 0 Å². The number of rotatable bonds is 5. The summed E-state index contributed by atoms with van der Waals surface area (Å²) in [6, 6.07) is 2.49. The average molecular weight is 293 g/mol. The number of nitrogens with one attached hydrogen (secondary N) is 1. The molecule has 6 heteroatoms. The van der Waals surface area contributed by atoms with Gasteiger partial charge in [0.15, 0.2) is 0 Å². The first-order valence-corrected chi connectivity index (χ1v) is 5.93. The van der Waals surface area contributed by atoms with Crippen molar-refractivity contribution in [2.24, 2.45) is 11.7 Å². The Morgan fingerprint density at radius 1 is 1.42 bits per heavy atom. The second-order valence-electron chi connectivity index (χ2n) is 4.36. The van der Waals surface area contributed by atoms with Crippen LogP contribution in [0.15, 0.2) is 18.2 Å². The van der Waals surface area contributed by atoms with Crippen LogP contribution >= 0.6 is 12.4 Å². The predicted octanol–water partition coefficient (Wildman–Crippen LogP) is 2.38. The minimum atomic E-state index is -0.633. The van der Waals surface area contributed by atoms with E-state index < -0.39 is 17.7 Å². The highest BCUT2D eigenvalue weighted by Crippen LogP contribution is 2.10. The van der Waals surface area contributed by atoms with Crippen molar-refractivity contribution in [1.29, 1.82) is 0 Å². The first-order valence-electron chi connectivity index (χ1n) is 5.93. The van der Waals surface area contributed by atoms with Crippen LogP contribution in [0.4, 0.5) is 8.78 Å². The lowest BCUT2D eigenvalue weighted by atomic mass is 9.99. The number of carbonyl (C=O) groups excluding carboxylic acids is 1. The van der Waals surface area contributed by atoms with Crippen LogP contribution < -0.4 is 11.1 Å². The number of nitrogens with two attached hydrogens (primary N) is 1. The monoisotopic (exact) mass is 292 g/mol. The zero-order chi connectivity index (χ0) is 13.7. The summed E-state index contributed by atoms with van der Waals surface area (Å²) in [5, 5.41) is 2.51. The second kappa shape index (κ2) is 8.07. The lowest BCUT2D eigenvalue weighted by molar-refractivity contribution is -0.123. The van der Waals surface area contributed by atoms with Gasteiger partial charge in [-0.1, -0.05) is 20.3 Å². The van der Waals surface area contributed by atoms with Gasteiger partial charge in [0, 0.05) is 12.1 Å². The quantitative estimate of drug-likeness (QED) is 0.875. The van der Waals surface area contributed by atoms with E-state index in [1.807, 2.05) is 13.8 Å². The zero-order valence-electron chi connectivity index (χ0n) is 11.0. The Hall–Kier alpha value is -1.20. The van der Waals surface area contributed by atoms with E-state index in [0.717, 1.165) is 24.6 Å². The van der Waals surface area contributed by atoms with Crippen molar-refractivity contribution in [3.05, 3.63) is 35.4 Å². The van der Waals surface area contributed by atoms with Gasteiger partial charge in [-0.2, -0.15) is 0 Å². The molecule has 1 aromatic rings. The maximum absolute atomic E-state index is 13.3. The molecule has 0 aliphatic rings. The molecule has 0 radical (unpaired) electrons. The maximum Gasteiger partial charge on any atom is 0.237 e. The molecule has 0 aliphatic carbocycles. The molecule has 0 saturated carbocycles. The van der Waals surface area contributed by atoms with Gasteiger partial charge in [-0.15, -0.1) is 12.4 Å². The molecule has 0 bridgehead atoms. The van der Waals surface area contributed by atoms with E-state index >= 15 is 0 Å². The molecule has 3 nitrogen and oxygen atoms in total. The van der Waals surface area contributed by atoms with Crippen LogP contribution in [0, 0.1) is 17.6 Å². The molecule has 0 spiro atoms. The Bertz CT molecular complexity index is 429. The molecule has 0 aromatic heterocycles. The maximum atomic E-state index is 13.3. The average Bonchev–Trinajstić information content (AvgIpc) is 2.37. The van der Waals surface area contributed by atoms with Crippen molar-refractivity contribution in [1.82, 2.24) is 5.32 Å². The van der Waals surface area contributed by atoms with Crippen molar-refractivity contribution < 1.29 is 13.6 Å². The summed E-state index contributed by atoms with van der Waals surface area (Å²) >= 11 is 0. The van der Waals surface area contributed by atoms with Crippen molar-refractivity contribution in [3.63, 3.8) is 0 Å². The SMILES string of the molecule is CCC(C)C(N)C(=O)NCc1cc(F)ccc1F.Cl. The third kappa shape index (κ3) is 5.12. The van der Waals surface area contributed by atoms with E-state index in [9.17, 15) is 13.6 Å². The third-order valence-electron chi connectivity index (χ3n) is 3.02. The van der Waals surface area contributed by atoms with Gasteiger partial charge in [-0.3, -0.25) is 4.79 Å². The summed E-state index contributed by atoms with van der Waals surface area (Å²) < 4.78 is 26.2. The highest BCUT2D eigenvalue weighted by atomic mass is 35.5. The molecule has 3 N–H and O–H groups in total. The number of amides is 1. The number of benzene rings is 1. The van der Waals surface area contributed by atoms with E-state index in [2.05, 4.69) is 5.32 Å². The van der Waals surface area contributed by atoms with Gasteiger partial charge in [-0.05, 0) is 24.1 Å². The van der Waals surface area contributed by atoms with Crippen molar-refractivity contribution in [2.75, 3.05) is 0 Å². The Labute approximate surface area is 118 Å². The highest BCUT2D eigenvalue weighted by Gasteiger charge is 2.19. The molecule has 2 unspecified atom stereocenters. The van der Waals surface area contributed by atoms with Gasteiger partial charge >= 0.3 is 0 Å². The van der Waals surface area contributed by atoms with E-state index in [-0.39, 0.29) is 36.3 Å². The van der Waals surface area contributed by atoms with E-state index in [1.165, 1.54) is 0 Å². The molecule has 19 heavy (non-hydrogen) atoms. The van der Waals surface area contributed by atoms with E-state index in [0.29, 0.717) is 0 Å². The van der Waals surface area contributed by atoms with Gasteiger partial charge < -0.3 is 11.1 Å². The largest absolute Gasteiger partial charge is 0.351 e. The Morgan fingerprint density at radius 2 is 2.05 bits per heavy atom. The molecule has 1 aromatic carbocycles. The summed E-state index contributed by atoms with van der Waals surface area (Å²) in [5.74, 6) is -1.39. The van der Waals surface area contributed by atoms with E-state index in [4.69, 9.17) is 5.73 Å². The fraction of sp³-hybridized carbons (Fsp3) is 0.462. The van der Waals surface area contributed by atoms with Crippen LogP contribution in [0.25, 0.3) is 0 Å². The zero-order valence-corrected chi connectivity index (χ0v) is 11.8. The van der Waals surface area contributed by atoms with Crippen LogP contribution in [0.5, 0.6) is 0 Å². The molecule has 1 rings (SSSR count).